The summed E-state index contributed by atoms with van der Waals surface area (Å²) in [7, 11) is 3.18. The Kier molecular flexibility index (Phi) is 16.3. The fourth-order valence-corrected chi connectivity index (χ4v) is 6.09. The molecule has 3 N–H and O–H groups in total. The van der Waals surface area contributed by atoms with Gasteiger partial charge in [-0.1, -0.05) is 46.8 Å². The number of nitrogens with one attached hydrogen (secondary N) is 1. The SMILES string of the molecule is CC[C@@H](OC)Oc1cc(C[C@@H](C[C@H]2[C@H](C[C@H](C(=O)NCC(C)(C)C(N)=O)C(C)C)OCN2C(=O)OCOC(=O)c2ccccn2)C(C)C)ccc1OC. The smallest absolute Gasteiger partial charge is 0.414 e. The molecule has 53 heavy (non-hydrogen) atoms. The van der Waals surface area contributed by atoms with Crippen LogP contribution in [0.3, 0.4) is 0 Å². The predicted molar refractivity (Wildman–Crippen MR) is 197 cm³/mol. The lowest BCUT2D eigenvalue weighted by molar-refractivity contribution is -0.130. The molecule has 0 aliphatic carbocycles. The number of aromatic nitrogens is 1. The highest BCUT2D eigenvalue weighted by Crippen LogP contribution is 2.36. The van der Waals surface area contributed by atoms with E-state index in [9.17, 15) is 19.2 Å². The molecule has 2 heterocycles. The molecule has 14 nitrogen and oxygen atoms in total. The van der Waals surface area contributed by atoms with Crippen molar-refractivity contribution in [2.45, 2.75) is 92.6 Å². The lowest BCUT2D eigenvalue weighted by atomic mass is 9.80. The lowest BCUT2D eigenvalue weighted by Gasteiger charge is -2.33. The molecule has 3 amide bonds. The van der Waals surface area contributed by atoms with Crippen molar-refractivity contribution in [2.24, 2.45) is 34.8 Å². The molecular formula is C39H58N4O10. The number of methoxy groups -OCH3 is 2. The average Bonchev–Trinajstić information content (AvgIpc) is 3.53. The third kappa shape index (κ3) is 12.3. The van der Waals surface area contributed by atoms with Gasteiger partial charge in [-0.05, 0) is 80.7 Å². The van der Waals surface area contributed by atoms with Crippen molar-refractivity contribution in [3.63, 3.8) is 0 Å². The Hall–Kier alpha value is -4.43. The van der Waals surface area contributed by atoms with Crippen molar-refractivity contribution in [3.8, 4) is 11.5 Å². The quantitative estimate of drug-likeness (QED) is 0.133. The van der Waals surface area contributed by atoms with E-state index in [-0.39, 0.29) is 42.6 Å². The van der Waals surface area contributed by atoms with Crippen LogP contribution in [-0.4, -0.2) is 86.5 Å². The predicted octanol–water partition coefficient (Wildman–Crippen LogP) is 5.32. The minimum Gasteiger partial charge on any atom is -0.493 e. The molecule has 2 aromatic rings. The number of rotatable bonds is 20. The highest BCUT2D eigenvalue weighted by Gasteiger charge is 2.43. The summed E-state index contributed by atoms with van der Waals surface area (Å²) >= 11 is 0. The van der Waals surface area contributed by atoms with Gasteiger partial charge in [0.2, 0.25) is 18.6 Å². The van der Waals surface area contributed by atoms with Crippen LogP contribution in [0.4, 0.5) is 4.79 Å². The number of nitrogens with zero attached hydrogens (tertiary/aromatic N) is 2. The first-order chi connectivity index (χ1) is 25.1. The molecule has 1 fully saturated rings. The van der Waals surface area contributed by atoms with E-state index in [1.54, 1.807) is 40.2 Å². The van der Waals surface area contributed by atoms with Gasteiger partial charge in [-0.3, -0.25) is 14.5 Å². The molecular weight excluding hydrogens is 684 g/mol. The first-order valence-corrected chi connectivity index (χ1v) is 18.2. The first kappa shape index (κ1) is 43.0. The molecule has 1 aliphatic heterocycles. The normalized spacial score (nSPS) is 17.6. The van der Waals surface area contributed by atoms with Gasteiger partial charge in [-0.25, -0.2) is 14.6 Å². The van der Waals surface area contributed by atoms with Gasteiger partial charge in [-0.15, -0.1) is 0 Å². The topological polar surface area (TPSA) is 178 Å². The number of esters is 1. The second-order valence-electron chi connectivity index (χ2n) is 14.7. The minimum atomic E-state index is -0.929. The number of hydrogen-bond donors (Lipinski definition) is 2. The number of carbonyl (C=O) groups excluding carboxylic acids is 4. The largest absolute Gasteiger partial charge is 0.493 e. The standard InChI is InChI=1S/C39H58N4O10/c1-10-34(49-9)53-33-18-26(14-15-31(33)48-8)17-27(24(2)3)19-30-32(20-28(25(4)5)35(44)42-21-39(6,7)37(40)46)50-22-43(30)38(47)52-23-51-36(45)29-13-11-12-16-41-29/h11-16,18,24-25,27-28,30,32,34H,10,17,19-23H2,1-9H3,(H2,40,46)(H,42,44)/t27-,28-,30-,32-,34-/m0/s1. The van der Waals surface area contributed by atoms with E-state index in [4.69, 9.17) is 34.2 Å². The van der Waals surface area contributed by atoms with Crippen molar-refractivity contribution in [3.05, 3.63) is 53.9 Å². The third-order valence-electron chi connectivity index (χ3n) is 9.81. The zero-order chi connectivity index (χ0) is 39.3. The average molecular weight is 743 g/mol. The second kappa shape index (κ2) is 20.1. The zero-order valence-electron chi connectivity index (χ0n) is 32.6. The minimum absolute atomic E-state index is 0.0508. The van der Waals surface area contributed by atoms with E-state index in [0.717, 1.165) is 5.56 Å². The van der Waals surface area contributed by atoms with Crippen LogP contribution in [-0.2, 0) is 35.0 Å². The fraction of sp³-hybridized carbons (Fsp3) is 0.615. The van der Waals surface area contributed by atoms with E-state index in [1.807, 2.05) is 39.0 Å². The third-order valence-corrected chi connectivity index (χ3v) is 9.81. The van der Waals surface area contributed by atoms with Crippen molar-refractivity contribution in [1.29, 1.82) is 0 Å². The van der Waals surface area contributed by atoms with E-state index in [0.29, 0.717) is 37.2 Å². The molecule has 3 rings (SSSR count). The molecule has 1 aliphatic rings. The lowest BCUT2D eigenvalue weighted by Crippen LogP contribution is -2.47. The number of nitrogens with two attached hydrogens (primary N) is 1. The Balaban J connectivity index is 1.86. The summed E-state index contributed by atoms with van der Waals surface area (Å²) in [5.41, 5.74) is 5.70. The van der Waals surface area contributed by atoms with Gasteiger partial charge in [0, 0.05) is 32.2 Å². The van der Waals surface area contributed by atoms with Crippen LogP contribution < -0.4 is 20.5 Å². The molecule has 0 spiro atoms. The van der Waals surface area contributed by atoms with Crippen LogP contribution in [0, 0.1) is 29.1 Å². The number of pyridine rings is 1. The van der Waals surface area contributed by atoms with Gasteiger partial charge in [0.25, 0.3) is 0 Å². The van der Waals surface area contributed by atoms with E-state index >= 15 is 0 Å². The highest BCUT2D eigenvalue weighted by molar-refractivity contribution is 5.87. The fourth-order valence-electron chi connectivity index (χ4n) is 6.09. The van der Waals surface area contributed by atoms with Crippen molar-refractivity contribution in [1.82, 2.24) is 15.2 Å². The Bertz CT molecular complexity index is 1500. The van der Waals surface area contributed by atoms with Crippen LogP contribution in [0.15, 0.2) is 42.6 Å². The number of amides is 3. The maximum atomic E-state index is 13.6. The number of primary amides is 1. The molecule has 1 saturated heterocycles. The van der Waals surface area contributed by atoms with Gasteiger partial charge in [0.05, 0.1) is 24.7 Å². The monoisotopic (exact) mass is 742 g/mol. The maximum Gasteiger partial charge on any atom is 0.414 e. The molecule has 0 bridgehead atoms. The summed E-state index contributed by atoms with van der Waals surface area (Å²) in [5, 5.41) is 2.90. The van der Waals surface area contributed by atoms with Crippen LogP contribution >= 0.6 is 0 Å². The number of benzene rings is 1. The van der Waals surface area contributed by atoms with Crippen LogP contribution in [0.1, 0.15) is 83.8 Å². The zero-order valence-corrected chi connectivity index (χ0v) is 32.6. The number of carbonyl (C=O) groups is 4. The molecule has 0 saturated carbocycles. The van der Waals surface area contributed by atoms with Gasteiger partial charge in [0.15, 0.2) is 17.8 Å². The van der Waals surface area contributed by atoms with E-state index in [2.05, 4.69) is 24.1 Å². The first-order valence-electron chi connectivity index (χ1n) is 18.2. The molecule has 294 valence electrons. The number of hydrogen-bond acceptors (Lipinski definition) is 11. The van der Waals surface area contributed by atoms with Crippen molar-refractivity contribution >= 4 is 23.9 Å². The van der Waals surface area contributed by atoms with Crippen molar-refractivity contribution < 1.29 is 47.6 Å². The number of ether oxygens (including phenoxy) is 6. The summed E-state index contributed by atoms with van der Waals surface area (Å²) < 4.78 is 34.0. The van der Waals surface area contributed by atoms with E-state index in [1.165, 1.54) is 17.2 Å². The Morgan fingerprint density at radius 3 is 2.34 bits per heavy atom. The van der Waals surface area contributed by atoms with Crippen LogP contribution in [0.2, 0.25) is 0 Å². The summed E-state index contributed by atoms with van der Waals surface area (Å²) in [6.45, 7) is 12.9. The molecule has 14 heteroatoms. The summed E-state index contributed by atoms with van der Waals surface area (Å²) in [6.07, 6.45) is 1.91. The van der Waals surface area contributed by atoms with Crippen LogP contribution in [0.5, 0.6) is 11.5 Å². The molecule has 1 aromatic carbocycles. The summed E-state index contributed by atoms with van der Waals surface area (Å²) in [4.78, 5) is 56.9. The van der Waals surface area contributed by atoms with Gasteiger partial charge < -0.3 is 39.5 Å². The Labute approximate surface area is 313 Å². The summed E-state index contributed by atoms with van der Waals surface area (Å²) in [5.74, 6) is -0.660. The Morgan fingerprint density at radius 1 is 1.02 bits per heavy atom. The van der Waals surface area contributed by atoms with E-state index < -0.39 is 54.5 Å². The van der Waals surface area contributed by atoms with Crippen molar-refractivity contribution in [2.75, 3.05) is 34.3 Å². The Morgan fingerprint density at radius 2 is 1.75 bits per heavy atom. The second-order valence-corrected chi connectivity index (χ2v) is 14.7. The van der Waals surface area contributed by atoms with Gasteiger partial charge in [0.1, 0.15) is 12.4 Å². The molecule has 0 unspecified atom stereocenters. The van der Waals surface area contributed by atoms with Gasteiger partial charge >= 0.3 is 12.1 Å². The maximum absolute atomic E-state index is 13.6. The summed E-state index contributed by atoms with van der Waals surface area (Å²) in [6, 6.07) is 10.2. The molecule has 1 aromatic heterocycles. The molecule has 0 radical (unpaired) electrons. The van der Waals surface area contributed by atoms with Crippen LogP contribution in [0.25, 0.3) is 0 Å². The van der Waals surface area contributed by atoms with Gasteiger partial charge in [-0.2, -0.15) is 0 Å². The molecule has 5 atom stereocenters. The highest BCUT2D eigenvalue weighted by atomic mass is 16.7.